The number of carbonyl (C=O) groups excluding carboxylic acids is 1. The lowest BCUT2D eigenvalue weighted by Crippen LogP contribution is -2.30. The lowest BCUT2D eigenvalue weighted by atomic mass is 10.0. The van der Waals surface area contributed by atoms with Gasteiger partial charge in [0, 0.05) is 12.0 Å². The molecular weight excluding hydrogens is 596 g/mol. The van der Waals surface area contributed by atoms with Crippen LogP contribution < -0.4 is 9.64 Å². The molecule has 0 saturated carbocycles. The number of hydrogen-bond donors (Lipinski definition) is 0. The molecule has 12 heteroatoms. The standard InChI is InChI=1S/C31H28F3N5O2S2/c1-2-22-8-4-5-9-26(22)39-28(40)19-43-30(39)36-27(42)10-6-3-7-21-11-13-23(14-12-21)29-35-20-38(37-29)24-15-17-25(18-16-24)41-31(32,33)34/h4-5,8-9,11-18,20H,2-3,6-7,10,19H2,1H3. The lowest BCUT2D eigenvalue weighted by Gasteiger charge is -2.19. The molecule has 1 fully saturated rings. The van der Waals surface area contributed by atoms with Crippen molar-refractivity contribution in [2.24, 2.45) is 4.99 Å². The topological polar surface area (TPSA) is 72.6 Å². The quantitative estimate of drug-likeness (QED) is 0.134. The van der Waals surface area contributed by atoms with Crippen LogP contribution in [-0.4, -0.2) is 42.9 Å². The molecule has 43 heavy (non-hydrogen) atoms. The number of benzene rings is 3. The van der Waals surface area contributed by atoms with E-state index in [1.165, 1.54) is 52.6 Å². The highest BCUT2D eigenvalue weighted by molar-refractivity contribution is 8.15. The average molecular weight is 624 g/mol. The Kier molecular flexibility index (Phi) is 9.56. The minimum absolute atomic E-state index is 0.0199. The van der Waals surface area contributed by atoms with Crippen molar-refractivity contribution < 1.29 is 22.7 Å². The minimum Gasteiger partial charge on any atom is -0.406 e. The number of aliphatic imine (C=N–C) groups is 1. The van der Waals surface area contributed by atoms with Gasteiger partial charge in [0.05, 0.1) is 17.1 Å². The summed E-state index contributed by atoms with van der Waals surface area (Å²) in [6.45, 7) is 2.07. The van der Waals surface area contributed by atoms with E-state index >= 15 is 0 Å². The summed E-state index contributed by atoms with van der Waals surface area (Å²) < 4.78 is 42.6. The Hall–Kier alpha value is -4.03. The van der Waals surface area contributed by atoms with E-state index in [0.29, 0.717) is 33.8 Å². The van der Waals surface area contributed by atoms with Gasteiger partial charge in [-0.2, -0.15) is 0 Å². The number of halogens is 3. The average Bonchev–Trinajstić information content (AvgIpc) is 3.62. The molecule has 0 radical (unpaired) electrons. The van der Waals surface area contributed by atoms with Gasteiger partial charge in [-0.15, -0.1) is 18.3 Å². The van der Waals surface area contributed by atoms with Gasteiger partial charge in [-0.05, 0) is 67.1 Å². The highest BCUT2D eigenvalue weighted by atomic mass is 32.2. The van der Waals surface area contributed by atoms with Crippen molar-refractivity contribution >= 4 is 45.7 Å². The van der Waals surface area contributed by atoms with Crippen LogP contribution in [-0.2, 0) is 17.6 Å². The summed E-state index contributed by atoms with van der Waals surface area (Å²) in [5, 5.41) is 5.10. The van der Waals surface area contributed by atoms with Crippen LogP contribution in [0.5, 0.6) is 5.75 Å². The number of para-hydroxylation sites is 1. The summed E-state index contributed by atoms with van der Waals surface area (Å²) in [4.78, 5) is 23.9. The molecule has 5 rings (SSSR count). The first kappa shape index (κ1) is 30.4. The fraction of sp³-hybridized carbons (Fsp3) is 0.258. The molecule has 1 aliphatic heterocycles. The number of ether oxygens (including phenoxy) is 1. The monoisotopic (exact) mass is 623 g/mol. The molecule has 3 aromatic carbocycles. The van der Waals surface area contributed by atoms with Gasteiger partial charge in [0.2, 0.25) is 5.91 Å². The van der Waals surface area contributed by atoms with Crippen molar-refractivity contribution in [1.29, 1.82) is 0 Å². The van der Waals surface area contributed by atoms with Gasteiger partial charge in [-0.1, -0.05) is 73.4 Å². The molecule has 0 atom stereocenters. The zero-order valence-corrected chi connectivity index (χ0v) is 24.9. The highest BCUT2D eigenvalue weighted by Gasteiger charge is 2.32. The van der Waals surface area contributed by atoms with Gasteiger partial charge >= 0.3 is 6.36 Å². The predicted octanol–water partition coefficient (Wildman–Crippen LogP) is 7.57. The summed E-state index contributed by atoms with van der Waals surface area (Å²) in [5.74, 6) is 0.586. The lowest BCUT2D eigenvalue weighted by molar-refractivity contribution is -0.274. The van der Waals surface area contributed by atoms with Crippen molar-refractivity contribution in [2.45, 2.75) is 45.4 Å². The molecule has 4 aromatic rings. The summed E-state index contributed by atoms with van der Waals surface area (Å²) >= 11 is 6.98. The molecule has 1 aromatic heterocycles. The Morgan fingerprint density at radius 1 is 1.05 bits per heavy atom. The van der Waals surface area contributed by atoms with Crippen LogP contribution in [0.2, 0.25) is 0 Å². The molecule has 0 unspecified atom stereocenters. The van der Waals surface area contributed by atoms with Crippen LogP contribution in [0.4, 0.5) is 18.9 Å². The molecule has 2 heterocycles. The van der Waals surface area contributed by atoms with Crippen molar-refractivity contribution in [3.05, 3.63) is 90.3 Å². The number of amidine groups is 1. The number of carbonyl (C=O) groups is 1. The van der Waals surface area contributed by atoms with Crippen LogP contribution in [0, 0.1) is 0 Å². The third kappa shape index (κ3) is 7.88. The van der Waals surface area contributed by atoms with Crippen LogP contribution in [0.3, 0.4) is 0 Å². The number of hydrogen-bond acceptors (Lipinski definition) is 6. The molecule has 0 bridgehead atoms. The van der Waals surface area contributed by atoms with Crippen LogP contribution in [0.1, 0.15) is 37.3 Å². The van der Waals surface area contributed by atoms with E-state index in [0.717, 1.165) is 42.5 Å². The molecule has 1 aliphatic rings. The van der Waals surface area contributed by atoms with Crippen LogP contribution in [0.15, 0.2) is 84.1 Å². The zero-order valence-electron chi connectivity index (χ0n) is 23.3. The van der Waals surface area contributed by atoms with Gasteiger partial charge in [0.25, 0.3) is 0 Å². The zero-order chi connectivity index (χ0) is 30.4. The Balaban J connectivity index is 1.12. The Morgan fingerprint density at radius 3 is 2.51 bits per heavy atom. The molecule has 7 nitrogen and oxygen atoms in total. The predicted molar refractivity (Wildman–Crippen MR) is 167 cm³/mol. The maximum Gasteiger partial charge on any atom is 0.573 e. The number of alkyl halides is 3. The Bertz CT molecular complexity index is 1620. The summed E-state index contributed by atoms with van der Waals surface area (Å²) in [5.41, 5.74) is 4.53. The van der Waals surface area contributed by atoms with E-state index in [2.05, 4.69) is 26.7 Å². The highest BCUT2D eigenvalue weighted by Crippen LogP contribution is 2.30. The van der Waals surface area contributed by atoms with Gasteiger partial charge in [-0.3, -0.25) is 9.69 Å². The number of rotatable bonds is 10. The smallest absolute Gasteiger partial charge is 0.406 e. The number of nitrogens with zero attached hydrogens (tertiary/aromatic N) is 5. The normalized spacial score (nSPS) is 14.5. The summed E-state index contributed by atoms with van der Waals surface area (Å²) in [6, 6.07) is 21.3. The number of anilines is 1. The number of unbranched alkanes of at least 4 members (excludes halogenated alkanes) is 1. The first-order chi connectivity index (χ1) is 20.7. The number of aryl methyl sites for hydroxylation is 2. The maximum atomic E-state index is 12.6. The second-order valence-electron chi connectivity index (χ2n) is 9.75. The fourth-order valence-electron chi connectivity index (χ4n) is 4.62. The molecule has 0 spiro atoms. The molecule has 222 valence electrons. The first-order valence-corrected chi connectivity index (χ1v) is 15.1. The third-order valence-electron chi connectivity index (χ3n) is 6.74. The number of amides is 1. The number of aromatic nitrogens is 3. The summed E-state index contributed by atoms with van der Waals surface area (Å²) in [6.07, 6.45) is 0.940. The molecule has 0 aliphatic carbocycles. The van der Waals surface area contributed by atoms with Gasteiger partial charge in [0.1, 0.15) is 17.1 Å². The SMILES string of the molecule is CCc1ccccc1N1C(=O)CSC1=NC(=S)CCCCc1ccc(-c2ncn(-c3ccc(OC(F)(F)F)cc3)n2)cc1. The van der Waals surface area contributed by atoms with Crippen molar-refractivity contribution in [1.82, 2.24) is 14.8 Å². The maximum absolute atomic E-state index is 12.6. The van der Waals surface area contributed by atoms with E-state index in [1.807, 2.05) is 48.5 Å². The van der Waals surface area contributed by atoms with E-state index in [1.54, 1.807) is 4.90 Å². The third-order valence-corrected chi connectivity index (χ3v) is 7.96. The van der Waals surface area contributed by atoms with Crippen molar-refractivity contribution in [3.8, 4) is 22.8 Å². The first-order valence-electron chi connectivity index (χ1n) is 13.7. The molecule has 1 saturated heterocycles. The summed E-state index contributed by atoms with van der Waals surface area (Å²) in [7, 11) is 0. The Labute approximate surface area is 256 Å². The van der Waals surface area contributed by atoms with E-state index < -0.39 is 6.36 Å². The van der Waals surface area contributed by atoms with Crippen LogP contribution >= 0.6 is 24.0 Å². The fourth-order valence-corrected chi connectivity index (χ4v) is 5.79. The van der Waals surface area contributed by atoms with Crippen molar-refractivity contribution in [2.75, 3.05) is 10.7 Å². The Morgan fingerprint density at radius 2 is 1.79 bits per heavy atom. The molecule has 0 N–H and O–H groups in total. The van der Waals surface area contributed by atoms with Gasteiger partial charge in [0.15, 0.2) is 11.0 Å². The minimum atomic E-state index is -4.74. The number of thioether (sulfide) groups is 1. The second kappa shape index (κ2) is 13.5. The second-order valence-corrected chi connectivity index (χ2v) is 11.2. The number of thiocarbonyl (C=S) groups is 1. The largest absolute Gasteiger partial charge is 0.573 e. The van der Waals surface area contributed by atoms with E-state index in [9.17, 15) is 18.0 Å². The van der Waals surface area contributed by atoms with Crippen molar-refractivity contribution in [3.63, 3.8) is 0 Å². The van der Waals surface area contributed by atoms with Gasteiger partial charge < -0.3 is 4.74 Å². The van der Waals surface area contributed by atoms with E-state index in [4.69, 9.17) is 12.2 Å². The van der Waals surface area contributed by atoms with Crippen LogP contribution in [0.25, 0.3) is 17.1 Å². The molecule has 1 amide bonds. The van der Waals surface area contributed by atoms with E-state index in [-0.39, 0.29) is 11.7 Å². The molecular formula is C31H28F3N5O2S2. The van der Waals surface area contributed by atoms with Gasteiger partial charge in [-0.25, -0.2) is 14.7 Å².